The van der Waals surface area contributed by atoms with Crippen molar-refractivity contribution in [2.75, 3.05) is 45.2 Å². The molecule has 1 aliphatic heterocycles. The highest BCUT2D eigenvalue weighted by atomic mass is 35.5. The van der Waals surface area contributed by atoms with E-state index in [-0.39, 0.29) is 0 Å². The van der Waals surface area contributed by atoms with Crippen molar-refractivity contribution < 1.29 is 4.74 Å². The van der Waals surface area contributed by atoms with Crippen molar-refractivity contribution in [3.8, 4) is 5.75 Å². The number of rotatable bonds is 3. The lowest BCUT2D eigenvalue weighted by molar-refractivity contribution is 0.269. The van der Waals surface area contributed by atoms with E-state index in [1.807, 2.05) is 18.2 Å². The third-order valence-corrected chi connectivity index (χ3v) is 3.72. The maximum absolute atomic E-state index is 6.17. The Morgan fingerprint density at radius 1 is 1.44 bits per heavy atom. The van der Waals surface area contributed by atoms with Crippen LogP contribution in [0.5, 0.6) is 5.75 Å². The van der Waals surface area contributed by atoms with Crippen LogP contribution in [0, 0.1) is 0 Å². The van der Waals surface area contributed by atoms with Crippen molar-refractivity contribution in [1.29, 1.82) is 0 Å². The largest absolute Gasteiger partial charge is 0.495 e. The van der Waals surface area contributed by atoms with E-state index in [0.717, 1.165) is 25.3 Å². The van der Waals surface area contributed by atoms with Crippen LogP contribution in [0.15, 0.2) is 18.2 Å². The van der Waals surface area contributed by atoms with Gasteiger partial charge < -0.3 is 20.3 Å². The summed E-state index contributed by atoms with van der Waals surface area (Å²) in [6.07, 6.45) is 0. The molecule has 0 aromatic heterocycles. The molecule has 1 aromatic carbocycles. The van der Waals surface area contributed by atoms with Gasteiger partial charge in [-0.2, -0.15) is 0 Å². The Morgan fingerprint density at radius 2 is 2.22 bits per heavy atom. The lowest BCUT2D eigenvalue weighted by atomic mass is 10.1. The molecule has 5 heteroatoms. The van der Waals surface area contributed by atoms with E-state index in [1.165, 1.54) is 0 Å². The molecular weight excluding hydrogens is 250 g/mol. The second-order valence-electron chi connectivity index (χ2n) is 4.66. The van der Waals surface area contributed by atoms with Crippen molar-refractivity contribution >= 4 is 17.3 Å². The van der Waals surface area contributed by atoms with E-state index in [1.54, 1.807) is 7.11 Å². The Hall–Kier alpha value is -0.970. The summed E-state index contributed by atoms with van der Waals surface area (Å²) in [5.41, 5.74) is 6.98. The first-order valence-electron chi connectivity index (χ1n) is 6.14. The SMILES string of the molecule is COc1ccc(N2CCN(C)CC2CN)cc1Cl. The molecule has 2 N–H and O–H groups in total. The molecular formula is C13H20ClN3O. The second-order valence-corrected chi connectivity index (χ2v) is 5.07. The summed E-state index contributed by atoms with van der Waals surface area (Å²) in [4.78, 5) is 4.63. The van der Waals surface area contributed by atoms with Crippen molar-refractivity contribution in [3.63, 3.8) is 0 Å². The van der Waals surface area contributed by atoms with Gasteiger partial charge in [0.1, 0.15) is 5.75 Å². The highest BCUT2D eigenvalue weighted by molar-refractivity contribution is 6.32. The Morgan fingerprint density at radius 3 is 2.83 bits per heavy atom. The molecule has 2 rings (SSSR count). The highest BCUT2D eigenvalue weighted by Crippen LogP contribution is 2.30. The summed E-state index contributed by atoms with van der Waals surface area (Å²) in [6, 6.07) is 6.24. The molecule has 1 aliphatic rings. The lowest BCUT2D eigenvalue weighted by Crippen LogP contribution is -2.55. The minimum Gasteiger partial charge on any atom is -0.495 e. The standard InChI is InChI=1S/C13H20ClN3O/c1-16-5-6-17(11(8-15)9-16)10-3-4-13(18-2)12(14)7-10/h3-4,7,11H,5-6,8-9,15H2,1-2H3. The fourth-order valence-electron chi connectivity index (χ4n) is 2.39. The summed E-state index contributed by atoms with van der Waals surface area (Å²) in [5.74, 6) is 0.707. The highest BCUT2D eigenvalue weighted by Gasteiger charge is 2.24. The van der Waals surface area contributed by atoms with Gasteiger partial charge in [-0.1, -0.05) is 11.6 Å². The van der Waals surface area contributed by atoms with Crippen LogP contribution >= 0.6 is 11.6 Å². The molecule has 100 valence electrons. The van der Waals surface area contributed by atoms with Gasteiger partial charge in [0.2, 0.25) is 0 Å². The van der Waals surface area contributed by atoms with Crippen LogP contribution < -0.4 is 15.4 Å². The average molecular weight is 270 g/mol. The van der Waals surface area contributed by atoms with Crippen LogP contribution in [-0.4, -0.2) is 51.3 Å². The van der Waals surface area contributed by atoms with Crippen LogP contribution in [0.1, 0.15) is 0 Å². The molecule has 0 amide bonds. The van der Waals surface area contributed by atoms with Gasteiger partial charge in [-0.15, -0.1) is 0 Å². The molecule has 1 unspecified atom stereocenters. The number of nitrogens with two attached hydrogens (primary N) is 1. The fraction of sp³-hybridized carbons (Fsp3) is 0.538. The molecule has 0 bridgehead atoms. The molecule has 1 aromatic rings. The van der Waals surface area contributed by atoms with Gasteiger partial charge in [0.05, 0.1) is 18.2 Å². The van der Waals surface area contributed by atoms with Gasteiger partial charge in [-0.25, -0.2) is 0 Å². The summed E-state index contributed by atoms with van der Waals surface area (Å²) in [7, 11) is 3.75. The predicted molar refractivity (Wildman–Crippen MR) is 75.7 cm³/mol. The smallest absolute Gasteiger partial charge is 0.137 e. The maximum Gasteiger partial charge on any atom is 0.137 e. The van der Waals surface area contributed by atoms with E-state index in [0.29, 0.717) is 23.4 Å². The van der Waals surface area contributed by atoms with E-state index in [2.05, 4.69) is 16.8 Å². The second kappa shape index (κ2) is 5.78. The number of anilines is 1. The van der Waals surface area contributed by atoms with E-state index >= 15 is 0 Å². The zero-order chi connectivity index (χ0) is 13.1. The molecule has 0 spiro atoms. The molecule has 1 atom stereocenters. The molecule has 4 nitrogen and oxygen atoms in total. The zero-order valence-electron chi connectivity index (χ0n) is 10.9. The monoisotopic (exact) mass is 269 g/mol. The quantitative estimate of drug-likeness (QED) is 0.901. The van der Waals surface area contributed by atoms with Gasteiger partial charge >= 0.3 is 0 Å². The normalized spacial score (nSPS) is 21.1. The van der Waals surface area contributed by atoms with Crippen LogP contribution in [0.3, 0.4) is 0 Å². The minimum absolute atomic E-state index is 0.341. The van der Waals surface area contributed by atoms with Gasteiger partial charge in [0.25, 0.3) is 0 Å². The van der Waals surface area contributed by atoms with E-state index in [4.69, 9.17) is 22.1 Å². The minimum atomic E-state index is 0.341. The number of hydrogen-bond acceptors (Lipinski definition) is 4. The Bertz CT molecular complexity index is 413. The number of halogens is 1. The van der Waals surface area contributed by atoms with Gasteiger partial charge in [0, 0.05) is 31.9 Å². The fourth-order valence-corrected chi connectivity index (χ4v) is 2.64. The van der Waals surface area contributed by atoms with Gasteiger partial charge in [0.15, 0.2) is 0 Å². The van der Waals surface area contributed by atoms with Crippen molar-refractivity contribution in [3.05, 3.63) is 23.2 Å². The third kappa shape index (κ3) is 2.71. The Labute approximate surface area is 113 Å². The van der Waals surface area contributed by atoms with Crippen molar-refractivity contribution in [1.82, 2.24) is 4.90 Å². The molecule has 1 saturated heterocycles. The van der Waals surface area contributed by atoms with Gasteiger partial charge in [-0.3, -0.25) is 0 Å². The first-order valence-corrected chi connectivity index (χ1v) is 6.52. The molecule has 1 fully saturated rings. The number of nitrogens with zero attached hydrogens (tertiary/aromatic N) is 2. The molecule has 0 aliphatic carbocycles. The summed E-state index contributed by atoms with van der Waals surface area (Å²) >= 11 is 6.17. The number of methoxy groups -OCH3 is 1. The van der Waals surface area contributed by atoms with Gasteiger partial charge in [-0.05, 0) is 25.2 Å². The van der Waals surface area contributed by atoms with Crippen LogP contribution in [0.4, 0.5) is 5.69 Å². The number of piperazine rings is 1. The number of likely N-dealkylation sites (N-methyl/N-ethyl adjacent to an activating group) is 1. The summed E-state index contributed by atoms with van der Waals surface area (Å²) < 4.78 is 5.17. The maximum atomic E-state index is 6.17. The first-order chi connectivity index (χ1) is 8.65. The van der Waals surface area contributed by atoms with Crippen molar-refractivity contribution in [2.24, 2.45) is 5.73 Å². The predicted octanol–water partition coefficient (Wildman–Crippen LogP) is 1.43. The number of ether oxygens (including phenoxy) is 1. The summed E-state index contributed by atoms with van der Waals surface area (Å²) in [6.45, 7) is 3.65. The third-order valence-electron chi connectivity index (χ3n) is 3.42. The molecule has 18 heavy (non-hydrogen) atoms. The van der Waals surface area contributed by atoms with Crippen LogP contribution in [-0.2, 0) is 0 Å². The van der Waals surface area contributed by atoms with Crippen LogP contribution in [0.25, 0.3) is 0 Å². The Balaban J connectivity index is 2.21. The lowest BCUT2D eigenvalue weighted by Gasteiger charge is -2.41. The molecule has 1 heterocycles. The average Bonchev–Trinajstić information content (AvgIpc) is 2.38. The number of benzene rings is 1. The zero-order valence-corrected chi connectivity index (χ0v) is 11.7. The van der Waals surface area contributed by atoms with E-state index in [9.17, 15) is 0 Å². The molecule has 0 radical (unpaired) electrons. The van der Waals surface area contributed by atoms with Crippen LogP contribution in [0.2, 0.25) is 5.02 Å². The van der Waals surface area contributed by atoms with E-state index < -0.39 is 0 Å². The number of hydrogen-bond donors (Lipinski definition) is 1. The first kappa shape index (κ1) is 13.5. The topological polar surface area (TPSA) is 41.7 Å². The Kier molecular flexibility index (Phi) is 4.32. The van der Waals surface area contributed by atoms with Crippen molar-refractivity contribution in [2.45, 2.75) is 6.04 Å². The molecule has 0 saturated carbocycles. The summed E-state index contributed by atoms with van der Waals surface area (Å²) in [5, 5.41) is 0.643.